The number of piperazine rings is 1. The van der Waals surface area contributed by atoms with Crippen LogP contribution in [0.15, 0.2) is 12.4 Å². The van der Waals surface area contributed by atoms with Crippen LogP contribution in [-0.2, 0) is 5.41 Å². The smallest absolute Gasteiger partial charge is 0.225 e. The zero-order chi connectivity index (χ0) is 13.9. The molecule has 0 amide bonds. The largest absolute Gasteiger partial charge is 0.338 e. The van der Waals surface area contributed by atoms with Gasteiger partial charge in [-0.1, -0.05) is 20.8 Å². The Morgan fingerprint density at radius 1 is 1.16 bits per heavy atom. The molecule has 102 valence electrons. The first-order valence-electron chi connectivity index (χ1n) is 6.67. The second-order valence-corrected chi connectivity index (χ2v) is 5.94. The third-order valence-corrected chi connectivity index (χ3v) is 3.45. The minimum Gasteiger partial charge on any atom is -0.338 e. The molecule has 1 saturated heterocycles. The first-order chi connectivity index (χ1) is 9.00. The van der Waals surface area contributed by atoms with Crippen molar-refractivity contribution in [3.8, 4) is 6.07 Å². The van der Waals surface area contributed by atoms with E-state index in [2.05, 4.69) is 46.6 Å². The predicted molar refractivity (Wildman–Crippen MR) is 75.0 cm³/mol. The molecule has 0 aromatic carbocycles. The number of nitriles is 1. The zero-order valence-corrected chi connectivity index (χ0v) is 11.9. The SMILES string of the molecule is CC(C)(C)c1cnc(N2CCN(CC#N)CC2)nc1. The van der Waals surface area contributed by atoms with Gasteiger partial charge in [0.15, 0.2) is 0 Å². The summed E-state index contributed by atoms with van der Waals surface area (Å²) in [5.41, 5.74) is 1.24. The number of rotatable bonds is 2. The van der Waals surface area contributed by atoms with Crippen molar-refractivity contribution >= 4 is 5.95 Å². The summed E-state index contributed by atoms with van der Waals surface area (Å²) in [7, 11) is 0. The zero-order valence-electron chi connectivity index (χ0n) is 11.9. The van der Waals surface area contributed by atoms with E-state index in [1.54, 1.807) is 0 Å². The highest BCUT2D eigenvalue weighted by Gasteiger charge is 2.20. The molecule has 0 radical (unpaired) electrons. The molecular formula is C14H21N5. The standard InChI is InChI=1S/C14H21N5/c1-14(2,3)12-10-16-13(17-11-12)19-8-6-18(5-4-15)7-9-19/h10-11H,5-9H2,1-3H3. The highest BCUT2D eigenvalue weighted by Crippen LogP contribution is 2.21. The molecule has 1 aromatic heterocycles. The maximum atomic E-state index is 8.68. The van der Waals surface area contributed by atoms with Crippen LogP contribution in [0.4, 0.5) is 5.95 Å². The summed E-state index contributed by atoms with van der Waals surface area (Å²) in [6.45, 7) is 10.6. The third kappa shape index (κ3) is 3.42. The lowest BCUT2D eigenvalue weighted by atomic mass is 9.89. The number of hydrogen-bond acceptors (Lipinski definition) is 5. The average molecular weight is 259 g/mol. The van der Waals surface area contributed by atoms with Crippen LogP contribution in [0.3, 0.4) is 0 Å². The van der Waals surface area contributed by atoms with Crippen molar-refractivity contribution in [2.45, 2.75) is 26.2 Å². The van der Waals surface area contributed by atoms with Gasteiger partial charge < -0.3 is 4.90 Å². The molecule has 1 aromatic rings. The molecule has 2 rings (SSSR count). The third-order valence-electron chi connectivity index (χ3n) is 3.45. The highest BCUT2D eigenvalue weighted by molar-refractivity contribution is 5.32. The van der Waals surface area contributed by atoms with Crippen LogP contribution < -0.4 is 4.90 Å². The highest BCUT2D eigenvalue weighted by atomic mass is 15.3. The Balaban J connectivity index is 1.99. The molecule has 0 saturated carbocycles. The summed E-state index contributed by atoms with van der Waals surface area (Å²) >= 11 is 0. The Labute approximate surface area is 114 Å². The lowest BCUT2D eigenvalue weighted by molar-refractivity contribution is 0.285. The molecule has 1 aliphatic rings. The molecule has 0 unspecified atom stereocenters. The Kier molecular flexibility index (Phi) is 4.01. The molecule has 5 nitrogen and oxygen atoms in total. The Morgan fingerprint density at radius 3 is 2.21 bits per heavy atom. The quantitative estimate of drug-likeness (QED) is 0.752. The second kappa shape index (κ2) is 5.54. The first kappa shape index (κ1) is 13.8. The molecule has 1 fully saturated rings. The van der Waals surface area contributed by atoms with E-state index < -0.39 is 0 Å². The maximum absolute atomic E-state index is 8.68. The Bertz CT molecular complexity index is 446. The number of anilines is 1. The van der Waals surface area contributed by atoms with Crippen molar-refractivity contribution in [1.29, 1.82) is 5.26 Å². The van der Waals surface area contributed by atoms with Gasteiger partial charge in [0.2, 0.25) is 5.95 Å². The molecule has 0 atom stereocenters. The Morgan fingerprint density at radius 2 is 1.74 bits per heavy atom. The van der Waals surface area contributed by atoms with Crippen LogP contribution in [0.2, 0.25) is 0 Å². The minimum atomic E-state index is 0.0873. The van der Waals surface area contributed by atoms with Crippen LogP contribution in [0, 0.1) is 11.3 Å². The molecule has 0 spiro atoms. The van der Waals surface area contributed by atoms with Crippen molar-refractivity contribution in [2.24, 2.45) is 0 Å². The van der Waals surface area contributed by atoms with E-state index in [1.165, 1.54) is 0 Å². The normalized spacial score (nSPS) is 17.3. The van der Waals surface area contributed by atoms with Gasteiger partial charge >= 0.3 is 0 Å². The van der Waals surface area contributed by atoms with Crippen molar-refractivity contribution in [1.82, 2.24) is 14.9 Å². The fraction of sp³-hybridized carbons (Fsp3) is 0.643. The molecule has 0 aliphatic carbocycles. The van der Waals surface area contributed by atoms with Crippen molar-refractivity contribution in [2.75, 3.05) is 37.6 Å². The van der Waals surface area contributed by atoms with Gasteiger partial charge in [-0.25, -0.2) is 9.97 Å². The second-order valence-electron chi connectivity index (χ2n) is 5.94. The van der Waals surface area contributed by atoms with Gasteiger partial charge in [0, 0.05) is 38.6 Å². The van der Waals surface area contributed by atoms with E-state index in [9.17, 15) is 0 Å². The topological polar surface area (TPSA) is 56.1 Å². The summed E-state index contributed by atoms with van der Waals surface area (Å²) in [6, 6.07) is 2.19. The van der Waals surface area contributed by atoms with Crippen LogP contribution in [0.5, 0.6) is 0 Å². The van der Waals surface area contributed by atoms with Crippen LogP contribution in [0.1, 0.15) is 26.3 Å². The van der Waals surface area contributed by atoms with Gasteiger partial charge in [-0.2, -0.15) is 5.26 Å². The van der Waals surface area contributed by atoms with E-state index in [0.29, 0.717) is 6.54 Å². The van der Waals surface area contributed by atoms with Gasteiger partial charge in [-0.3, -0.25) is 4.90 Å². The van der Waals surface area contributed by atoms with E-state index in [0.717, 1.165) is 37.7 Å². The van der Waals surface area contributed by atoms with Crippen LogP contribution >= 0.6 is 0 Å². The van der Waals surface area contributed by atoms with Crippen LogP contribution in [0.25, 0.3) is 0 Å². The summed E-state index contributed by atoms with van der Waals surface area (Å²) in [5.74, 6) is 0.796. The molecule has 5 heteroatoms. The van der Waals surface area contributed by atoms with E-state index >= 15 is 0 Å². The molecular weight excluding hydrogens is 238 g/mol. The van der Waals surface area contributed by atoms with Gasteiger partial charge in [0.25, 0.3) is 0 Å². The number of nitrogens with zero attached hydrogens (tertiary/aromatic N) is 5. The van der Waals surface area contributed by atoms with Crippen molar-refractivity contribution in [3.63, 3.8) is 0 Å². The summed E-state index contributed by atoms with van der Waals surface area (Å²) < 4.78 is 0. The fourth-order valence-corrected chi connectivity index (χ4v) is 2.08. The maximum Gasteiger partial charge on any atom is 0.225 e. The lowest BCUT2D eigenvalue weighted by Crippen LogP contribution is -2.47. The number of aromatic nitrogens is 2. The average Bonchev–Trinajstić information content (AvgIpc) is 2.39. The molecule has 19 heavy (non-hydrogen) atoms. The van der Waals surface area contributed by atoms with Gasteiger partial charge in [-0.05, 0) is 11.0 Å². The first-order valence-corrected chi connectivity index (χ1v) is 6.67. The van der Waals surface area contributed by atoms with Gasteiger partial charge in [-0.15, -0.1) is 0 Å². The van der Waals surface area contributed by atoms with Gasteiger partial charge in [0.05, 0.1) is 12.6 Å². The Hall–Kier alpha value is -1.67. The summed E-state index contributed by atoms with van der Waals surface area (Å²) in [6.07, 6.45) is 3.84. The van der Waals surface area contributed by atoms with Crippen LogP contribution in [-0.4, -0.2) is 47.6 Å². The van der Waals surface area contributed by atoms with Crippen molar-refractivity contribution < 1.29 is 0 Å². The predicted octanol–water partition coefficient (Wildman–Crippen LogP) is 1.42. The molecule has 2 heterocycles. The summed E-state index contributed by atoms with van der Waals surface area (Å²) in [4.78, 5) is 13.3. The van der Waals surface area contributed by atoms with E-state index in [4.69, 9.17) is 5.26 Å². The van der Waals surface area contributed by atoms with E-state index in [-0.39, 0.29) is 5.41 Å². The summed E-state index contributed by atoms with van der Waals surface area (Å²) in [5, 5.41) is 8.68. The van der Waals surface area contributed by atoms with Crippen molar-refractivity contribution in [3.05, 3.63) is 18.0 Å². The minimum absolute atomic E-state index is 0.0873. The number of hydrogen-bond donors (Lipinski definition) is 0. The molecule has 0 bridgehead atoms. The van der Waals surface area contributed by atoms with Gasteiger partial charge in [0.1, 0.15) is 0 Å². The molecule has 1 aliphatic heterocycles. The van der Waals surface area contributed by atoms with E-state index in [1.807, 2.05) is 12.4 Å². The lowest BCUT2D eigenvalue weighted by Gasteiger charge is -2.33. The monoisotopic (exact) mass is 259 g/mol. The fourth-order valence-electron chi connectivity index (χ4n) is 2.08. The molecule has 0 N–H and O–H groups in total.